The smallest absolute Gasteiger partial charge is 0.327 e. The zero-order valence-corrected chi connectivity index (χ0v) is 15.1. The molecule has 134 valence electrons. The fourth-order valence-corrected chi connectivity index (χ4v) is 2.19. The largest absolute Gasteiger partial charge is 0.480 e. The van der Waals surface area contributed by atoms with Crippen LogP contribution < -0.4 is 16.4 Å². The lowest BCUT2D eigenvalue weighted by Gasteiger charge is -2.25. The van der Waals surface area contributed by atoms with E-state index in [9.17, 15) is 14.4 Å². The number of rotatable bonds is 10. The van der Waals surface area contributed by atoms with Gasteiger partial charge in [0.15, 0.2) is 0 Å². The molecule has 0 fully saturated rings. The van der Waals surface area contributed by atoms with E-state index in [1.807, 2.05) is 27.7 Å². The maximum absolute atomic E-state index is 12.3. The Morgan fingerprint density at radius 3 is 2.00 bits per heavy atom. The van der Waals surface area contributed by atoms with E-state index in [-0.39, 0.29) is 17.6 Å². The number of hydrogen-bond donors (Lipinski definition) is 5. The van der Waals surface area contributed by atoms with E-state index in [1.165, 1.54) is 0 Å². The summed E-state index contributed by atoms with van der Waals surface area (Å²) < 4.78 is 0. The topological polar surface area (TPSA) is 122 Å². The van der Waals surface area contributed by atoms with Crippen molar-refractivity contribution in [3.05, 3.63) is 0 Å². The molecular formula is C15H29N3O4S. The van der Waals surface area contributed by atoms with Gasteiger partial charge < -0.3 is 21.5 Å². The maximum Gasteiger partial charge on any atom is 0.327 e. The molecule has 4 unspecified atom stereocenters. The second-order valence-corrected chi connectivity index (χ2v) is 6.55. The minimum atomic E-state index is -1.17. The van der Waals surface area contributed by atoms with Gasteiger partial charge in [-0.3, -0.25) is 9.59 Å². The zero-order chi connectivity index (χ0) is 18.2. The molecular weight excluding hydrogens is 318 g/mol. The lowest BCUT2D eigenvalue weighted by molar-refractivity contribution is -0.141. The monoisotopic (exact) mass is 347 g/mol. The minimum Gasteiger partial charge on any atom is -0.480 e. The van der Waals surface area contributed by atoms with E-state index in [0.29, 0.717) is 6.42 Å². The maximum atomic E-state index is 12.3. The van der Waals surface area contributed by atoms with E-state index in [2.05, 4.69) is 23.3 Å². The first-order chi connectivity index (χ1) is 10.6. The Labute approximate surface area is 143 Å². The van der Waals surface area contributed by atoms with Crippen LogP contribution in [0.1, 0.15) is 40.5 Å². The second kappa shape index (κ2) is 10.5. The van der Waals surface area contributed by atoms with Gasteiger partial charge in [0, 0.05) is 5.75 Å². The Bertz CT molecular complexity index is 418. The summed E-state index contributed by atoms with van der Waals surface area (Å²) in [6, 6.07) is -2.62. The summed E-state index contributed by atoms with van der Waals surface area (Å²) in [6.07, 6.45) is 1.14. The van der Waals surface area contributed by atoms with Gasteiger partial charge in [-0.1, -0.05) is 34.1 Å². The highest BCUT2D eigenvalue weighted by Gasteiger charge is 2.29. The van der Waals surface area contributed by atoms with Crippen molar-refractivity contribution in [1.82, 2.24) is 10.6 Å². The number of hydrogen-bond acceptors (Lipinski definition) is 5. The highest BCUT2D eigenvalue weighted by molar-refractivity contribution is 7.80. The predicted octanol–water partition coefficient (Wildman–Crippen LogP) is 0.390. The molecule has 0 spiro atoms. The molecule has 0 aliphatic rings. The standard InChI is InChI=1S/C15H29N3O4S/c1-5-9(4)12(16)14(20)17-10(6-8(2)3)13(19)18-11(7-23)15(21)22/h8-12,23H,5-7,16H2,1-4H3,(H,17,20)(H,18,19)(H,21,22). The number of amides is 2. The Morgan fingerprint density at radius 1 is 1.09 bits per heavy atom. The van der Waals surface area contributed by atoms with Gasteiger partial charge in [0.2, 0.25) is 11.8 Å². The average Bonchev–Trinajstić information content (AvgIpc) is 2.48. The summed E-state index contributed by atoms with van der Waals surface area (Å²) in [4.78, 5) is 35.5. The summed E-state index contributed by atoms with van der Waals surface area (Å²) in [7, 11) is 0. The first-order valence-corrected chi connectivity index (χ1v) is 8.47. The molecule has 0 bridgehead atoms. The van der Waals surface area contributed by atoms with Crippen molar-refractivity contribution < 1.29 is 19.5 Å². The molecule has 0 aromatic carbocycles. The van der Waals surface area contributed by atoms with Crippen molar-refractivity contribution >= 4 is 30.4 Å². The van der Waals surface area contributed by atoms with Gasteiger partial charge in [0.05, 0.1) is 6.04 Å². The van der Waals surface area contributed by atoms with Crippen molar-refractivity contribution in [2.45, 2.75) is 58.7 Å². The van der Waals surface area contributed by atoms with Crippen LogP contribution in [0.5, 0.6) is 0 Å². The van der Waals surface area contributed by atoms with E-state index < -0.39 is 35.9 Å². The second-order valence-electron chi connectivity index (χ2n) is 6.18. The van der Waals surface area contributed by atoms with Crippen LogP contribution in [0.4, 0.5) is 0 Å². The number of thiol groups is 1. The molecule has 8 heteroatoms. The third-order valence-corrected chi connectivity index (χ3v) is 4.06. The molecule has 0 aliphatic heterocycles. The summed E-state index contributed by atoms with van der Waals surface area (Å²) in [5, 5.41) is 14.0. The molecule has 0 saturated heterocycles. The van der Waals surface area contributed by atoms with E-state index in [4.69, 9.17) is 10.8 Å². The lowest BCUT2D eigenvalue weighted by Crippen LogP contribution is -2.56. The first-order valence-electron chi connectivity index (χ1n) is 7.83. The number of carboxylic acid groups (broad SMARTS) is 1. The highest BCUT2D eigenvalue weighted by atomic mass is 32.1. The first kappa shape index (κ1) is 21.7. The molecule has 5 N–H and O–H groups in total. The number of carboxylic acids is 1. The van der Waals surface area contributed by atoms with Crippen molar-refractivity contribution in [3.63, 3.8) is 0 Å². The van der Waals surface area contributed by atoms with Crippen molar-refractivity contribution in [1.29, 1.82) is 0 Å². The van der Waals surface area contributed by atoms with Crippen molar-refractivity contribution in [2.75, 3.05) is 5.75 Å². The predicted molar refractivity (Wildman–Crippen MR) is 92.2 cm³/mol. The number of carbonyl (C=O) groups excluding carboxylic acids is 2. The Kier molecular flexibility index (Phi) is 9.90. The molecule has 0 rings (SSSR count). The van der Waals surface area contributed by atoms with Crippen LogP contribution in [-0.4, -0.2) is 46.8 Å². The Morgan fingerprint density at radius 2 is 1.61 bits per heavy atom. The number of nitrogens with one attached hydrogen (secondary N) is 2. The third-order valence-electron chi connectivity index (χ3n) is 3.70. The van der Waals surface area contributed by atoms with Crippen LogP contribution in [0.2, 0.25) is 0 Å². The molecule has 0 heterocycles. The molecule has 0 saturated carbocycles. The van der Waals surface area contributed by atoms with E-state index in [1.54, 1.807) is 0 Å². The Balaban J connectivity index is 4.96. The molecule has 0 aromatic heterocycles. The fourth-order valence-electron chi connectivity index (χ4n) is 1.94. The van der Waals surface area contributed by atoms with Gasteiger partial charge in [-0.15, -0.1) is 0 Å². The fraction of sp³-hybridized carbons (Fsp3) is 0.800. The summed E-state index contributed by atoms with van der Waals surface area (Å²) in [5.74, 6) is -2.01. The van der Waals surface area contributed by atoms with Crippen molar-refractivity contribution in [3.8, 4) is 0 Å². The van der Waals surface area contributed by atoms with Crippen LogP contribution in [-0.2, 0) is 14.4 Å². The van der Waals surface area contributed by atoms with Gasteiger partial charge in [-0.2, -0.15) is 12.6 Å². The SMILES string of the molecule is CCC(C)C(N)C(=O)NC(CC(C)C)C(=O)NC(CS)C(=O)O. The van der Waals surface area contributed by atoms with Crippen LogP contribution in [0.25, 0.3) is 0 Å². The quantitative estimate of drug-likeness (QED) is 0.366. The van der Waals surface area contributed by atoms with Gasteiger partial charge in [0.1, 0.15) is 12.1 Å². The molecule has 0 radical (unpaired) electrons. The Hall–Kier alpha value is -1.28. The molecule has 2 amide bonds. The van der Waals surface area contributed by atoms with Gasteiger partial charge in [-0.25, -0.2) is 4.79 Å². The van der Waals surface area contributed by atoms with Crippen LogP contribution in [0.15, 0.2) is 0 Å². The summed E-state index contributed by atoms with van der Waals surface area (Å²) in [5.41, 5.74) is 5.88. The third kappa shape index (κ3) is 7.69. The average molecular weight is 347 g/mol. The summed E-state index contributed by atoms with van der Waals surface area (Å²) in [6.45, 7) is 7.62. The van der Waals surface area contributed by atoms with Gasteiger partial charge >= 0.3 is 5.97 Å². The lowest BCUT2D eigenvalue weighted by atomic mass is 9.97. The normalized spacial score (nSPS) is 16.3. The number of nitrogens with two attached hydrogens (primary N) is 1. The van der Waals surface area contributed by atoms with Gasteiger partial charge in [0.25, 0.3) is 0 Å². The molecule has 4 atom stereocenters. The van der Waals surface area contributed by atoms with Crippen LogP contribution in [0, 0.1) is 11.8 Å². The molecule has 23 heavy (non-hydrogen) atoms. The van der Waals surface area contributed by atoms with Crippen molar-refractivity contribution in [2.24, 2.45) is 17.6 Å². The summed E-state index contributed by atoms with van der Waals surface area (Å²) >= 11 is 3.91. The minimum absolute atomic E-state index is 0.0121. The highest BCUT2D eigenvalue weighted by Crippen LogP contribution is 2.09. The number of aliphatic carboxylic acids is 1. The van der Waals surface area contributed by atoms with Crippen LogP contribution >= 0.6 is 12.6 Å². The molecule has 7 nitrogen and oxygen atoms in total. The van der Waals surface area contributed by atoms with E-state index >= 15 is 0 Å². The van der Waals surface area contributed by atoms with E-state index in [0.717, 1.165) is 6.42 Å². The van der Waals surface area contributed by atoms with Crippen LogP contribution in [0.3, 0.4) is 0 Å². The molecule has 0 aromatic rings. The molecule has 0 aliphatic carbocycles. The van der Waals surface area contributed by atoms with Gasteiger partial charge in [-0.05, 0) is 18.3 Å². The number of carbonyl (C=O) groups is 3. The zero-order valence-electron chi connectivity index (χ0n) is 14.2.